The number of halogens is 1. The summed E-state index contributed by atoms with van der Waals surface area (Å²) in [6.45, 7) is 4.24. The van der Waals surface area contributed by atoms with Crippen LogP contribution in [-0.4, -0.2) is 4.98 Å². The van der Waals surface area contributed by atoms with Gasteiger partial charge in [0.05, 0.1) is 5.54 Å². The number of oxazole rings is 1. The molecule has 2 N–H and O–H groups in total. The van der Waals surface area contributed by atoms with E-state index in [4.69, 9.17) is 21.8 Å². The maximum atomic E-state index is 6.56. The van der Waals surface area contributed by atoms with E-state index in [1.165, 1.54) is 6.42 Å². The third-order valence-corrected chi connectivity index (χ3v) is 4.86. The number of nitrogens with two attached hydrogens (primary N) is 1. The fraction of sp³-hybridized carbons (Fsp3) is 0.562. The third-order valence-electron chi connectivity index (χ3n) is 4.64. The van der Waals surface area contributed by atoms with Gasteiger partial charge in [0.2, 0.25) is 5.89 Å². The van der Waals surface area contributed by atoms with Crippen LogP contribution < -0.4 is 5.73 Å². The van der Waals surface area contributed by atoms with Crippen LogP contribution in [0, 0.1) is 12.8 Å². The fourth-order valence-electron chi connectivity index (χ4n) is 3.18. The van der Waals surface area contributed by atoms with Gasteiger partial charge < -0.3 is 10.2 Å². The Kier molecular flexibility index (Phi) is 3.51. The molecule has 1 fully saturated rings. The number of aromatic nitrogens is 1. The number of benzene rings is 1. The first-order valence-corrected chi connectivity index (χ1v) is 7.75. The lowest BCUT2D eigenvalue weighted by molar-refractivity contribution is 0.198. The second kappa shape index (κ2) is 5.05. The average molecular weight is 293 g/mol. The first-order chi connectivity index (χ1) is 9.51. The Bertz CT molecular complexity index is 627. The van der Waals surface area contributed by atoms with Crippen molar-refractivity contribution in [2.24, 2.45) is 11.7 Å². The molecule has 20 heavy (non-hydrogen) atoms. The maximum absolute atomic E-state index is 6.56. The van der Waals surface area contributed by atoms with Crippen molar-refractivity contribution in [1.29, 1.82) is 0 Å². The molecule has 3 nitrogen and oxygen atoms in total. The Hall–Kier alpha value is -1.06. The molecule has 1 heterocycles. The van der Waals surface area contributed by atoms with Crippen molar-refractivity contribution in [3.8, 4) is 0 Å². The van der Waals surface area contributed by atoms with Crippen molar-refractivity contribution >= 4 is 22.7 Å². The largest absolute Gasteiger partial charge is 0.438 e. The molecule has 1 aromatic carbocycles. The fourth-order valence-corrected chi connectivity index (χ4v) is 3.45. The highest BCUT2D eigenvalue weighted by molar-refractivity contribution is 6.31. The number of nitrogens with zero attached hydrogens (tertiary/aromatic N) is 1. The zero-order valence-electron chi connectivity index (χ0n) is 12.1. The zero-order chi connectivity index (χ0) is 14.3. The highest BCUT2D eigenvalue weighted by Crippen LogP contribution is 2.39. The summed E-state index contributed by atoms with van der Waals surface area (Å²) >= 11 is 6.08. The number of fused-ring (bicyclic) bond motifs is 1. The minimum Gasteiger partial charge on any atom is -0.438 e. The van der Waals surface area contributed by atoms with Gasteiger partial charge in [-0.25, -0.2) is 4.98 Å². The van der Waals surface area contributed by atoms with Crippen LogP contribution in [0.5, 0.6) is 0 Å². The van der Waals surface area contributed by atoms with E-state index < -0.39 is 5.54 Å². The Balaban J connectivity index is 1.96. The van der Waals surface area contributed by atoms with Gasteiger partial charge >= 0.3 is 0 Å². The van der Waals surface area contributed by atoms with Gasteiger partial charge in [0, 0.05) is 5.02 Å². The van der Waals surface area contributed by atoms with Crippen LogP contribution in [0.2, 0.25) is 5.02 Å². The van der Waals surface area contributed by atoms with Crippen LogP contribution in [0.1, 0.15) is 50.5 Å². The van der Waals surface area contributed by atoms with Gasteiger partial charge in [-0.15, -0.1) is 0 Å². The summed E-state index contributed by atoms with van der Waals surface area (Å²) in [6, 6.07) is 3.74. The van der Waals surface area contributed by atoms with E-state index in [1.54, 1.807) is 0 Å². The molecule has 1 saturated carbocycles. The monoisotopic (exact) mass is 292 g/mol. The highest BCUT2D eigenvalue weighted by atomic mass is 35.5. The second-order valence-electron chi connectivity index (χ2n) is 6.10. The van der Waals surface area contributed by atoms with Crippen LogP contribution in [0.4, 0.5) is 0 Å². The SMILES string of the molecule is CCC1CCC(N)(c2nc3cc(Cl)cc(C)c3o2)CC1. The molecule has 0 aliphatic heterocycles. The molecule has 0 spiro atoms. The van der Waals surface area contributed by atoms with Crippen LogP contribution in [0.15, 0.2) is 16.5 Å². The number of rotatable bonds is 2. The molecular formula is C16H21ClN2O. The van der Waals surface area contributed by atoms with Gasteiger partial charge in [-0.3, -0.25) is 0 Å². The molecular weight excluding hydrogens is 272 g/mol. The van der Waals surface area contributed by atoms with Crippen molar-refractivity contribution in [1.82, 2.24) is 4.98 Å². The van der Waals surface area contributed by atoms with E-state index in [1.807, 2.05) is 19.1 Å². The van der Waals surface area contributed by atoms with Crippen molar-refractivity contribution < 1.29 is 4.42 Å². The minimum atomic E-state index is -0.413. The quantitative estimate of drug-likeness (QED) is 0.884. The third kappa shape index (κ3) is 2.33. The first kappa shape index (κ1) is 13.9. The summed E-state index contributed by atoms with van der Waals surface area (Å²) in [5.74, 6) is 1.47. The molecule has 4 heteroatoms. The minimum absolute atomic E-state index is 0.413. The van der Waals surface area contributed by atoms with E-state index in [0.29, 0.717) is 10.9 Å². The predicted molar refractivity (Wildman–Crippen MR) is 81.9 cm³/mol. The molecule has 1 aliphatic carbocycles. The topological polar surface area (TPSA) is 52.0 Å². The van der Waals surface area contributed by atoms with Crippen molar-refractivity contribution in [2.75, 3.05) is 0 Å². The molecule has 3 rings (SSSR count). The Morgan fingerprint density at radius 2 is 2.10 bits per heavy atom. The molecule has 0 saturated heterocycles. The van der Waals surface area contributed by atoms with E-state index in [0.717, 1.165) is 48.3 Å². The predicted octanol–water partition coefficient (Wildman–Crippen LogP) is 4.54. The van der Waals surface area contributed by atoms with Gasteiger partial charge in [-0.05, 0) is 56.2 Å². The Morgan fingerprint density at radius 1 is 1.40 bits per heavy atom. The van der Waals surface area contributed by atoms with Crippen molar-refractivity contribution in [2.45, 2.75) is 51.5 Å². The molecule has 0 unspecified atom stereocenters. The van der Waals surface area contributed by atoms with E-state index in [-0.39, 0.29) is 0 Å². The van der Waals surface area contributed by atoms with E-state index in [9.17, 15) is 0 Å². The standard InChI is InChI=1S/C16H21ClN2O/c1-3-11-4-6-16(18,7-5-11)15-19-13-9-12(17)8-10(2)14(13)20-15/h8-9,11H,3-7,18H2,1-2H3. The normalized spacial score (nSPS) is 27.1. The lowest BCUT2D eigenvalue weighted by Gasteiger charge is -2.34. The Morgan fingerprint density at radius 3 is 2.75 bits per heavy atom. The highest BCUT2D eigenvalue weighted by Gasteiger charge is 2.37. The zero-order valence-corrected chi connectivity index (χ0v) is 12.8. The summed E-state index contributed by atoms with van der Waals surface area (Å²) in [5, 5.41) is 0.690. The van der Waals surface area contributed by atoms with Gasteiger partial charge in [-0.2, -0.15) is 0 Å². The molecule has 0 atom stereocenters. The van der Waals surface area contributed by atoms with E-state index in [2.05, 4.69) is 11.9 Å². The van der Waals surface area contributed by atoms with Gasteiger partial charge in [0.15, 0.2) is 5.58 Å². The molecule has 1 aliphatic rings. The first-order valence-electron chi connectivity index (χ1n) is 7.38. The number of hydrogen-bond acceptors (Lipinski definition) is 3. The summed E-state index contributed by atoms with van der Waals surface area (Å²) in [4.78, 5) is 4.60. The van der Waals surface area contributed by atoms with Crippen LogP contribution in [-0.2, 0) is 5.54 Å². The number of hydrogen-bond donors (Lipinski definition) is 1. The van der Waals surface area contributed by atoms with Crippen LogP contribution in [0.3, 0.4) is 0 Å². The van der Waals surface area contributed by atoms with Crippen LogP contribution >= 0.6 is 11.6 Å². The molecule has 0 amide bonds. The smallest absolute Gasteiger partial charge is 0.215 e. The van der Waals surface area contributed by atoms with Crippen molar-refractivity contribution in [3.63, 3.8) is 0 Å². The molecule has 108 valence electrons. The maximum Gasteiger partial charge on any atom is 0.215 e. The summed E-state index contributed by atoms with van der Waals surface area (Å²) in [7, 11) is 0. The molecule has 1 aromatic heterocycles. The summed E-state index contributed by atoms with van der Waals surface area (Å²) in [5.41, 5.74) is 8.78. The Labute approximate surface area is 124 Å². The van der Waals surface area contributed by atoms with Gasteiger partial charge in [0.1, 0.15) is 5.52 Å². The summed E-state index contributed by atoms with van der Waals surface area (Å²) in [6.07, 6.45) is 5.45. The van der Waals surface area contributed by atoms with Crippen LogP contribution in [0.25, 0.3) is 11.1 Å². The molecule has 0 bridgehead atoms. The van der Waals surface area contributed by atoms with Gasteiger partial charge in [-0.1, -0.05) is 24.9 Å². The van der Waals surface area contributed by atoms with Gasteiger partial charge in [0.25, 0.3) is 0 Å². The molecule has 2 aromatic rings. The summed E-state index contributed by atoms with van der Waals surface area (Å²) < 4.78 is 5.97. The molecule has 0 radical (unpaired) electrons. The lowest BCUT2D eigenvalue weighted by atomic mass is 9.76. The second-order valence-corrected chi connectivity index (χ2v) is 6.53. The average Bonchev–Trinajstić information content (AvgIpc) is 2.84. The van der Waals surface area contributed by atoms with Crippen molar-refractivity contribution in [3.05, 3.63) is 28.6 Å². The number of aryl methyl sites for hydroxylation is 1. The lowest BCUT2D eigenvalue weighted by Crippen LogP contribution is -2.40. The van der Waals surface area contributed by atoms with E-state index >= 15 is 0 Å².